The summed E-state index contributed by atoms with van der Waals surface area (Å²) < 4.78 is 0. The van der Waals surface area contributed by atoms with Crippen molar-refractivity contribution >= 4 is 40.0 Å². The lowest BCUT2D eigenvalue weighted by molar-refractivity contribution is 0.350. The highest BCUT2D eigenvalue weighted by Gasteiger charge is 2.21. The molecule has 144 valence electrons. The van der Waals surface area contributed by atoms with Crippen LogP contribution in [-0.4, -0.2) is 32.5 Å². The minimum absolute atomic E-state index is 0.233. The fourth-order valence-corrected chi connectivity index (χ4v) is 3.72. The Balaban J connectivity index is 1.28. The van der Waals surface area contributed by atoms with E-state index in [0.29, 0.717) is 23.1 Å². The highest BCUT2D eigenvalue weighted by Crippen LogP contribution is 2.27. The summed E-state index contributed by atoms with van der Waals surface area (Å²) in [6, 6.07) is 6.30. The number of anilines is 2. The van der Waals surface area contributed by atoms with Crippen molar-refractivity contribution in [2.45, 2.75) is 31.7 Å². The molecule has 1 aliphatic carbocycles. The number of nitrogens with zero attached hydrogens (tertiary/aromatic N) is 5. The molecule has 0 amide bonds. The van der Waals surface area contributed by atoms with Crippen LogP contribution in [0.1, 0.15) is 25.7 Å². The van der Waals surface area contributed by atoms with Gasteiger partial charge in [-0.15, -0.1) is 4.91 Å². The summed E-state index contributed by atoms with van der Waals surface area (Å²) in [6.07, 6.45) is 8.88. The monoisotopic (exact) mass is 397 g/mol. The van der Waals surface area contributed by atoms with Gasteiger partial charge in [0.1, 0.15) is 17.0 Å². The fourth-order valence-electron chi connectivity index (χ4n) is 3.51. The van der Waals surface area contributed by atoms with E-state index in [1.54, 1.807) is 6.20 Å². The molecule has 8 nitrogen and oxygen atoms in total. The fraction of sp³-hybridized carbons (Fsp3) is 0.368. The van der Waals surface area contributed by atoms with Gasteiger partial charge < -0.3 is 10.6 Å². The third-order valence-corrected chi connectivity index (χ3v) is 5.33. The predicted octanol–water partition coefficient (Wildman–Crippen LogP) is 4.55. The van der Waals surface area contributed by atoms with Crippen LogP contribution in [0.2, 0.25) is 5.15 Å². The summed E-state index contributed by atoms with van der Waals surface area (Å²) in [7, 11) is 0. The van der Waals surface area contributed by atoms with Gasteiger partial charge in [-0.05, 0) is 55.0 Å². The lowest BCUT2D eigenvalue weighted by atomic mass is 9.86. The number of nitroso groups, excluding NO2 is 1. The van der Waals surface area contributed by atoms with Gasteiger partial charge in [0.15, 0.2) is 5.15 Å². The van der Waals surface area contributed by atoms with E-state index in [1.165, 1.54) is 12.4 Å². The Kier molecular flexibility index (Phi) is 5.57. The third-order valence-electron chi connectivity index (χ3n) is 5.06. The zero-order chi connectivity index (χ0) is 19.3. The minimum atomic E-state index is 0.233. The van der Waals surface area contributed by atoms with Crippen LogP contribution >= 0.6 is 11.6 Å². The standard InChI is InChI=1S/C19H20ClN7O/c20-18-17-13(7-8-21-18)3-6-16(26-17)25-14-4-1-12(2-5-14)9-22-19-23-10-15(27-28)11-24-19/h3,6-8,10-12,14H,1-2,4-5,9H2,(H,25,26)(H,22,23,24)/t12-,14-. The van der Waals surface area contributed by atoms with E-state index in [-0.39, 0.29) is 5.69 Å². The number of aromatic nitrogens is 4. The Hall–Kier alpha value is -2.87. The summed E-state index contributed by atoms with van der Waals surface area (Å²) in [5.74, 6) is 1.92. The Bertz CT molecular complexity index is 958. The summed E-state index contributed by atoms with van der Waals surface area (Å²) in [6.45, 7) is 0.816. The second kappa shape index (κ2) is 8.43. The van der Waals surface area contributed by atoms with Crippen molar-refractivity contribution in [2.24, 2.45) is 11.1 Å². The molecule has 3 heterocycles. The largest absolute Gasteiger partial charge is 0.367 e. The van der Waals surface area contributed by atoms with Crippen LogP contribution in [0.3, 0.4) is 0 Å². The molecule has 1 aliphatic rings. The molecule has 0 atom stereocenters. The first-order chi connectivity index (χ1) is 13.7. The summed E-state index contributed by atoms with van der Waals surface area (Å²) >= 11 is 6.15. The molecule has 28 heavy (non-hydrogen) atoms. The molecule has 4 rings (SSSR count). The van der Waals surface area contributed by atoms with Crippen LogP contribution in [0.25, 0.3) is 10.9 Å². The minimum Gasteiger partial charge on any atom is -0.367 e. The second-order valence-corrected chi connectivity index (χ2v) is 7.33. The predicted molar refractivity (Wildman–Crippen MR) is 110 cm³/mol. The number of pyridine rings is 2. The van der Waals surface area contributed by atoms with Crippen LogP contribution in [0.5, 0.6) is 0 Å². The van der Waals surface area contributed by atoms with Gasteiger partial charge in [-0.2, -0.15) is 0 Å². The van der Waals surface area contributed by atoms with Gasteiger partial charge in [-0.25, -0.2) is 19.9 Å². The topological polar surface area (TPSA) is 105 Å². The van der Waals surface area contributed by atoms with Crippen molar-refractivity contribution in [3.05, 3.63) is 46.8 Å². The van der Waals surface area contributed by atoms with Gasteiger partial charge in [0.2, 0.25) is 5.95 Å². The first-order valence-corrected chi connectivity index (χ1v) is 9.66. The number of nitrogens with one attached hydrogen (secondary N) is 2. The molecule has 0 saturated heterocycles. The average Bonchev–Trinajstić information content (AvgIpc) is 2.74. The molecule has 0 aliphatic heterocycles. The molecule has 0 bridgehead atoms. The number of hydrogen-bond acceptors (Lipinski definition) is 8. The molecule has 0 aromatic carbocycles. The highest BCUT2D eigenvalue weighted by atomic mass is 35.5. The van der Waals surface area contributed by atoms with Gasteiger partial charge >= 0.3 is 0 Å². The third kappa shape index (κ3) is 4.33. The number of halogens is 1. The van der Waals surface area contributed by atoms with Gasteiger partial charge in [0.25, 0.3) is 0 Å². The maximum atomic E-state index is 10.4. The molecule has 3 aromatic rings. The first-order valence-electron chi connectivity index (χ1n) is 9.28. The smallest absolute Gasteiger partial charge is 0.222 e. The van der Waals surface area contributed by atoms with Crippen molar-refractivity contribution in [1.29, 1.82) is 0 Å². The zero-order valence-corrected chi connectivity index (χ0v) is 15.9. The van der Waals surface area contributed by atoms with E-state index in [1.807, 2.05) is 18.2 Å². The van der Waals surface area contributed by atoms with Crippen molar-refractivity contribution < 1.29 is 0 Å². The van der Waals surface area contributed by atoms with Crippen LogP contribution in [0.4, 0.5) is 17.5 Å². The number of hydrogen-bond donors (Lipinski definition) is 2. The van der Waals surface area contributed by atoms with E-state index in [9.17, 15) is 4.91 Å². The molecule has 1 saturated carbocycles. The van der Waals surface area contributed by atoms with Crippen molar-refractivity contribution in [3.8, 4) is 0 Å². The molecular formula is C19H20ClN7O. The molecule has 2 N–H and O–H groups in total. The Morgan fingerprint density at radius 1 is 1.07 bits per heavy atom. The van der Waals surface area contributed by atoms with Crippen LogP contribution in [0, 0.1) is 10.8 Å². The molecule has 0 unspecified atom stereocenters. The molecule has 3 aromatic heterocycles. The molecular weight excluding hydrogens is 378 g/mol. The SMILES string of the molecule is O=Nc1cnc(NC[C@H]2CC[C@H](Nc3ccc4ccnc(Cl)c4n3)CC2)nc1. The van der Waals surface area contributed by atoms with Gasteiger partial charge in [0.05, 0.1) is 12.4 Å². The Labute approximate surface area is 167 Å². The molecule has 0 radical (unpaired) electrons. The number of fused-ring (bicyclic) bond motifs is 1. The van der Waals surface area contributed by atoms with Crippen molar-refractivity contribution in [2.75, 3.05) is 17.2 Å². The van der Waals surface area contributed by atoms with Gasteiger partial charge in [-0.1, -0.05) is 11.6 Å². The van der Waals surface area contributed by atoms with Crippen molar-refractivity contribution in [1.82, 2.24) is 19.9 Å². The lowest BCUT2D eigenvalue weighted by Gasteiger charge is -2.29. The van der Waals surface area contributed by atoms with Crippen LogP contribution in [-0.2, 0) is 0 Å². The van der Waals surface area contributed by atoms with Crippen molar-refractivity contribution in [3.63, 3.8) is 0 Å². The van der Waals surface area contributed by atoms with Gasteiger partial charge in [-0.3, -0.25) is 0 Å². The normalized spacial score (nSPS) is 19.3. The van der Waals surface area contributed by atoms with E-state index >= 15 is 0 Å². The summed E-state index contributed by atoms with van der Waals surface area (Å²) in [5.41, 5.74) is 0.958. The Morgan fingerprint density at radius 3 is 2.61 bits per heavy atom. The van der Waals surface area contributed by atoms with E-state index in [0.717, 1.165) is 48.9 Å². The quantitative estimate of drug-likeness (QED) is 0.464. The van der Waals surface area contributed by atoms with E-state index < -0.39 is 0 Å². The van der Waals surface area contributed by atoms with E-state index in [4.69, 9.17) is 11.6 Å². The maximum absolute atomic E-state index is 10.4. The maximum Gasteiger partial charge on any atom is 0.222 e. The summed E-state index contributed by atoms with van der Waals surface area (Å²) in [4.78, 5) is 27.3. The second-order valence-electron chi connectivity index (χ2n) is 6.97. The Morgan fingerprint density at radius 2 is 1.86 bits per heavy atom. The highest BCUT2D eigenvalue weighted by molar-refractivity contribution is 6.33. The molecule has 1 fully saturated rings. The zero-order valence-electron chi connectivity index (χ0n) is 15.2. The summed E-state index contributed by atoms with van der Waals surface area (Å²) in [5, 5.41) is 11.0. The van der Waals surface area contributed by atoms with Crippen LogP contribution in [0.15, 0.2) is 42.0 Å². The molecule has 9 heteroatoms. The number of rotatable bonds is 6. The van der Waals surface area contributed by atoms with E-state index in [2.05, 4.69) is 35.7 Å². The first kappa shape index (κ1) is 18.5. The molecule has 0 spiro atoms. The average molecular weight is 398 g/mol. The van der Waals surface area contributed by atoms with Gasteiger partial charge in [0, 0.05) is 24.2 Å². The van der Waals surface area contributed by atoms with Crippen LogP contribution < -0.4 is 10.6 Å². The lowest BCUT2D eigenvalue weighted by Crippen LogP contribution is -2.29.